The zero-order valence-corrected chi connectivity index (χ0v) is 29.1. The van der Waals surface area contributed by atoms with E-state index in [0.29, 0.717) is 25.9 Å². The van der Waals surface area contributed by atoms with Crippen molar-refractivity contribution < 1.29 is 23.9 Å². The lowest BCUT2D eigenvalue weighted by Gasteiger charge is -2.57. The maximum Gasteiger partial charge on any atom is 0.325 e. The number of carbonyl (C=O) groups excluding carboxylic acids is 4. The summed E-state index contributed by atoms with van der Waals surface area (Å²) in [6.45, 7) is 0.980. The van der Waals surface area contributed by atoms with E-state index >= 15 is 4.79 Å². The van der Waals surface area contributed by atoms with Gasteiger partial charge in [-0.1, -0.05) is 78.9 Å². The number of hydrogen-bond acceptors (Lipinski definition) is 5. The van der Waals surface area contributed by atoms with Gasteiger partial charge in [-0.15, -0.1) is 0 Å². The van der Waals surface area contributed by atoms with Crippen LogP contribution >= 0.6 is 0 Å². The highest BCUT2D eigenvalue weighted by Crippen LogP contribution is 2.61. The molecule has 5 fully saturated rings. The predicted molar refractivity (Wildman–Crippen MR) is 191 cm³/mol. The molecule has 3 atom stereocenters. The van der Waals surface area contributed by atoms with Crippen molar-refractivity contribution in [3.05, 3.63) is 107 Å². The Morgan fingerprint density at radius 2 is 1.24 bits per heavy atom. The summed E-state index contributed by atoms with van der Waals surface area (Å²) in [5.74, 6) is -0.470. The topological polar surface area (TPSA) is 105 Å². The van der Waals surface area contributed by atoms with Crippen LogP contribution < -0.4 is 10.6 Å². The molecule has 51 heavy (non-hydrogen) atoms. The molecular weight excluding hydrogens is 638 g/mol. The quantitative estimate of drug-likeness (QED) is 0.282. The van der Waals surface area contributed by atoms with Gasteiger partial charge in [0.2, 0.25) is 17.7 Å². The molecule has 3 amide bonds. The molecule has 1 heterocycles. The molecule has 0 radical (unpaired) electrons. The molecule has 8 heteroatoms. The van der Waals surface area contributed by atoms with Crippen LogP contribution in [0.3, 0.4) is 0 Å². The maximum absolute atomic E-state index is 15.0. The van der Waals surface area contributed by atoms with Crippen LogP contribution in [-0.4, -0.2) is 54.3 Å². The highest BCUT2D eigenvalue weighted by atomic mass is 16.5. The molecule has 0 aromatic heterocycles. The van der Waals surface area contributed by atoms with Crippen molar-refractivity contribution in [2.24, 2.45) is 35.0 Å². The van der Waals surface area contributed by atoms with E-state index in [4.69, 9.17) is 4.74 Å². The number of nitrogens with zero attached hydrogens (tertiary/aromatic N) is 1. The van der Waals surface area contributed by atoms with Crippen LogP contribution in [0, 0.1) is 35.0 Å². The van der Waals surface area contributed by atoms with Crippen LogP contribution in [0.2, 0.25) is 0 Å². The Bertz CT molecular complexity index is 1770. The van der Waals surface area contributed by atoms with Crippen LogP contribution in [0.1, 0.15) is 91.0 Å². The van der Waals surface area contributed by atoms with E-state index in [1.807, 2.05) is 54.6 Å². The fourth-order valence-corrected chi connectivity index (χ4v) is 11.7. The SMILES string of the molecule is O=C(CNC(=O)[C@@H]1CCCN1C(=O)[C@@H]1C2c3ccccc3C(c3ccccc32)[C@@H]1C(=O)NCC12CC3CC(CC(C3)C1)C2)OCc1ccccc1. The Labute approximate surface area is 299 Å². The Kier molecular flexibility index (Phi) is 8.24. The van der Waals surface area contributed by atoms with Crippen molar-refractivity contribution in [2.45, 2.75) is 75.9 Å². The van der Waals surface area contributed by atoms with Crippen LogP contribution in [0.25, 0.3) is 0 Å². The van der Waals surface area contributed by atoms with Crippen molar-refractivity contribution in [3.8, 4) is 0 Å². The van der Waals surface area contributed by atoms with Crippen molar-refractivity contribution in [2.75, 3.05) is 19.6 Å². The minimum atomic E-state index is -0.707. The number of esters is 1. The molecule has 1 aliphatic heterocycles. The lowest BCUT2D eigenvalue weighted by Crippen LogP contribution is -2.57. The summed E-state index contributed by atoms with van der Waals surface area (Å²) >= 11 is 0. The zero-order chi connectivity index (χ0) is 34.7. The van der Waals surface area contributed by atoms with Crippen LogP contribution in [-0.2, 0) is 30.5 Å². The summed E-state index contributed by atoms with van der Waals surface area (Å²) in [5.41, 5.74) is 5.51. The van der Waals surface area contributed by atoms with Gasteiger partial charge in [0, 0.05) is 24.9 Å². The molecule has 7 aliphatic carbocycles. The Hall–Kier alpha value is -4.46. The van der Waals surface area contributed by atoms with E-state index in [-0.39, 0.29) is 48.1 Å². The second-order valence-electron chi connectivity index (χ2n) is 16.5. The first kappa shape index (κ1) is 32.4. The van der Waals surface area contributed by atoms with E-state index in [0.717, 1.165) is 45.6 Å². The Balaban J connectivity index is 0.971. The van der Waals surface area contributed by atoms with Crippen LogP contribution in [0.4, 0.5) is 0 Å². The molecule has 2 N–H and O–H groups in total. The van der Waals surface area contributed by atoms with E-state index < -0.39 is 23.8 Å². The molecule has 0 unspecified atom stereocenters. The van der Waals surface area contributed by atoms with Gasteiger partial charge in [-0.2, -0.15) is 0 Å². The molecule has 11 rings (SSSR count). The third kappa shape index (κ3) is 5.75. The molecule has 4 saturated carbocycles. The second kappa shape index (κ2) is 12.9. The number of likely N-dealkylation sites (tertiary alicyclic amines) is 1. The van der Waals surface area contributed by atoms with Gasteiger partial charge in [0.25, 0.3) is 0 Å². The predicted octanol–water partition coefficient (Wildman–Crippen LogP) is 5.69. The molecule has 8 nitrogen and oxygen atoms in total. The fourth-order valence-electron chi connectivity index (χ4n) is 11.7. The standard InChI is InChI=1S/C43H47N3O5/c47-35(51-24-26-9-2-1-3-10-26)23-44-40(48)34-15-8-16-46(34)42(50)39-37-32-13-6-4-11-30(32)36(31-12-5-7-14-33(31)37)38(39)41(49)45-25-43-20-27-17-28(21-43)19-29(18-27)22-43/h1-7,9-14,27-29,34,36-39H,8,15-25H2,(H,44,48)(H,45,49)/t27?,28?,29?,34-,36?,37?,38-,39+,43?/m0/s1. The highest BCUT2D eigenvalue weighted by molar-refractivity contribution is 5.95. The molecule has 0 spiro atoms. The number of hydrogen-bond donors (Lipinski definition) is 2. The Morgan fingerprint density at radius 1 is 0.686 bits per heavy atom. The van der Waals surface area contributed by atoms with Gasteiger partial charge in [0.1, 0.15) is 19.2 Å². The van der Waals surface area contributed by atoms with Gasteiger partial charge in [-0.25, -0.2) is 0 Å². The average Bonchev–Trinajstić information content (AvgIpc) is 3.65. The summed E-state index contributed by atoms with van der Waals surface area (Å²) in [6, 6.07) is 25.3. The summed E-state index contributed by atoms with van der Waals surface area (Å²) in [5, 5.41) is 6.23. The minimum Gasteiger partial charge on any atom is -0.460 e. The largest absolute Gasteiger partial charge is 0.460 e. The van der Waals surface area contributed by atoms with Crippen molar-refractivity contribution in [1.29, 1.82) is 0 Å². The summed E-state index contributed by atoms with van der Waals surface area (Å²) in [6.07, 6.45) is 8.85. The van der Waals surface area contributed by atoms with Gasteiger partial charge in [0.05, 0.1) is 11.8 Å². The molecular formula is C43H47N3O5. The normalized spacial score (nSPS) is 32.2. The molecule has 3 aromatic carbocycles. The summed E-state index contributed by atoms with van der Waals surface area (Å²) in [4.78, 5) is 57.7. The third-order valence-corrected chi connectivity index (χ3v) is 13.3. The van der Waals surface area contributed by atoms with Crippen molar-refractivity contribution in [3.63, 3.8) is 0 Å². The molecule has 3 aromatic rings. The third-order valence-electron chi connectivity index (χ3n) is 13.3. The van der Waals surface area contributed by atoms with Gasteiger partial charge < -0.3 is 20.3 Å². The van der Waals surface area contributed by atoms with E-state index in [1.54, 1.807) is 4.90 Å². The molecule has 1 saturated heterocycles. The number of carbonyl (C=O) groups is 4. The van der Waals surface area contributed by atoms with Gasteiger partial charge in [-0.05, 0) is 102 Å². The van der Waals surface area contributed by atoms with Gasteiger partial charge in [-0.3, -0.25) is 19.2 Å². The molecule has 6 bridgehead atoms. The summed E-state index contributed by atoms with van der Waals surface area (Å²) in [7, 11) is 0. The Morgan fingerprint density at radius 3 is 1.82 bits per heavy atom. The van der Waals surface area contributed by atoms with Crippen molar-refractivity contribution >= 4 is 23.7 Å². The number of amides is 3. The minimum absolute atomic E-state index is 0.0375. The number of fused-ring (bicyclic) bond motifs is 1. The number of ether oxygens (including phenoxy) is 1. The fraction of sp³-hybridized carbons (Fsp3) is 0.488. The first-order valence-electron chi connectivity index (χ1n) is 19.1. The number of nitrogens with one attached hydrogen (secondary N) is 2. The van der Waals surface area contributed by atoms with Crippen molar-refractivity contribution in [1.82, 2.24) is 15.5 Å². The van der Waals surface area contributed by atoms with Crippen LogP contribution in [0.15, 0.2) is 78.9 Å². The van der Waals surface area contributed by atoms with E-state index in [9.17, 15) is 14.4 Å². The zero-order valence-electron chi connectivity index (χ0n) is 29.1. The monoisotopic (exact) mass is 685 g/mol. The highest BCUT2D eigenvalue weighted by Gasteiger charge is 2.57. The van der Waals surface area contributed by atoms with Gasteiger partial charge >= 0.3 is 5.97 Å². The molecule has 8 aliphatic rings. The lowest BCUT2D eigenvalue weighted by atomic mass is 9.49. The van der Waals surface area contributed by atoms with E-state index in [1.165, 1.54) is 38.5 Å². The summed E-state index contributed by atoms with van der Waals surface area (Å²) < 4.78 is 5.37. The smallest absolute Gasteiger partial charge is 0.325 e. The first-order valence-corrected chi connectivity index (χ1v) is 19.1. The number of benzene rings is 3. The molecule has 264 valence electrons. The first-order chi connectivity index (χ1) is 24.9. The van der Waals surface area contributed by atoms with E-state index in [2.05, 4.69) is 34.9 Å². The van der Waals surface area contributed by atoms with Gasteiger partial charge in [0.15, 0.2) is 0 Å². The number of rotatable bonds is 9. The average molecular weight is 686 g/mol. The second-order valence-corrected chi connectivity index (χ2v) is 16.5. The van der Waals surface area contributed by atoms with Crippen LogP contribution in [0.5, 0.6) is 0 Å². The maximum atomic E-state index is 15.0. The lowest BCUT2D eigenvalue weighted by molar-refractivity contribution is -0.149.